The first kappa shape index (κ1) is 20.1. The van der Waals surface area contributed by atoms with Gasteiger partial charge < -0.3 is 5.32 Å². The fourth-order valence-electron chi connectivity index (χ4n) is 2.89. The highest BCUT2D eigenvalue weighted by molar-refractivity contribution is 7.99. The van der Waals surface area contributed by atoms with Crippen molar-refractivity contribution in [2.45, 2.75) is 45.3 Å². The Hall–Kier alpha value is -2.67. The van der Waals surface area contributed by atoms with E-state index in [0.717, 1.165) is 28.9 Å². The van der Waals surface area contributed by atoms with E-state index in [0.29, 0.717) is 11.0 Å². The number of thioether (sulfide) groups is 1. The van der Waals surface area contributed by atoms with Gasteiger partial charge in [0, 0.05) is 12.2 Å². The molecule has 1 N–H and O–H groups in total. The van der Waals surface area contributed by atoms with E-state index in [1.807, 2.05) is 36.6 Å². The average Bonchev–Trinajstić information content (AvgIpc) is 3.10. The van der Waals surface area contributed by atoms with Crippen molar-refractivity contribution in [1.82, 2.24) is 25.1 Å². The maximum Gasteiger partial charge on any atom is 0.230 e. The molecule has 0 unspecified atom stereocenters. The summed E-state index contributed by atoms with van der Waals surface area (Å²) in [5.74, 6) is 0.944. The molecular weight excluding hydrogens is 370 g/mol. The first-order valence-electron chi connectivity index (χ1n) is 9.35. The van der Waals surface area contributed by atoms with E-state index in [2.05, 4.69) is 52.5 Å². The van der Waals surface area contributed by atoms with Crippen LogP contribution in [0.5, 0.6) is 0 Å². The van der Waals surface area contributed by atoms with Crippen LogP contribution in [-0.2, 0) is 4.79 Å². The predicted octanol–water partition coefficient (Wildman–Crippen LogP) is 3.95. The van der Waals surface area contributed by atoms with Gasteiger partial charge in [-0.05, 0) is 62.6 Å². The highest BCUT2D eigenvalue weighted by Crippen LogP contribution is 2.28. The zero-order chi connectivity index (χ0) is 20.1. The van der Waals surface area contributed by atoms with Crippen molar-refractivity contribution in [3.63, 3.8) is 0 Å². The summed E-state index contributed by atoms with van der Waals surface area (Å²) in [5, 5.41) is 12.4. The second kappa shape index (κ2) is 9.01. The largest absolute Gasteiger partial charge is 0.353 e. The van der Waals surface area contributed by atoms with E-state index in [4.69, 9.17) is 0 Å². The Bertz CT molecular complexity index is 934. The monoisotopic (exact) mass is 395 g/mol. The van der Waals surface area contributed by atoms with E-state index in [1.165, 1.54) is 11.8 Å². The second-order valence-electron chi connectivity index (χ2n) is 6.87. The van der Waals surface area contributed by atoms with Crippen LogP contribution in [0.1, 0.15) is 31.4 Å². The van der Waals surface area contributed by atoms with Gasteiger partial charge in [0.15, 0.2) is 11.0 Å². The number of rotatable bonds is 7. The van der Waals surface area contributed by atoms with Crippen molar-refractivity contribution >= 4 is 17.7 Å². The molecule has 1 aromatic carbocycles. The van der Waals surface area contributed by atoms with E-state index < -0.39 is 0 Å². The number of carbonyl (C=O) groups excluding carboxylic acids is 1. The van der Waals surface area contributed by atoms with E-state index in [-0.39, 0.29) is 17.7 Å². The summed E-state index contributed by atoms with van der Waals surface area (Å²) in [7, 11) is 0. The molecule has 0 radical (unpaired) electrons. The summed E-state index contributed by atoms with van der Waals surface area (Å²) in [4.78, 5) is 16.6. The molecule has 3 rings (SSSR count). The molecule has 0 bridgehead atoms. The molecule has 7 heteroatoms. The summed E-state index contributed by atoms with van der Waals surface area (Å²) in [6, 6.07) is 12.2. The van der Waals surface area contributed by atoms with E-state index in [1.54, 1.807) is 6.20 Å². The molecule has 0 saturated heterocycles. The lowest BCUT2D eigenvalue weighted by Crippen LogP contribution is -2.33. The van der Waals surface area contributed by atoms with Gasteiger partial charge in [-0.1, -0.05) is 30.8 Å². The van der Waals surface area contributed by atoms with Gasteiger partial charge in [-0.15, -0.1) is 10.2 Å². The Balaban J connectivity index is 1.96. The van der Waals surface area contributed by atoms with Crippen molar-refractivity contribution in [2.24, 2.45) is 0 Å². The van der Waals surface area contributed by atoms with Crippen molar-refractivity contribution in [2.75, 3.05) is 5.75 Å². The number of pyridine rings is 1. The van der Waals surface area contributed by atoms with Crippen LogP contribution in [0.4, 0.5) is 0 Å². The van der Waals surface area contributed by atoms with Crippen LogP contribution in [0, 0.1) is 13.8 Å². The molecule has 28 heavy (non-hydrogen) atoms. The van der Waals surface area contributed by atoms with Gasteiger partial charge >= 0.3 is 0 Å². The van der Waals surface area contributed by atoms with Gasteiger partial charge in [-0.3, -0.25) is 14.3 Å². The van der Waals surface area contributed by atoms with Crippen LogP contribution in [0.3, 0.4) is 0 Å². The minimum atomic E-state index is -0.00583. The van der Waals surface area contributed by atoms with Gasteiger partial charge in [0.2, 0.25) is 5.91 Å². The number of carbonyl (C=O) groups is 1. The fourth-order valence-corrected chi connectivity index (χ4v) is 3.65. The summed E-state index contributed by atoms with van der Waals surface area (Å²) in [6.45, 7) is 8.18. The molecule has 146 valence electrons. The Kier molecular flexibility index (Phi) is 6.46. The standard InChI is InChI=1S/C21H25N5OS/c1-5-16(4)23-19(27)13-28-21-25-24-20(18-8-6-7-9-22-18)26(21)17-11-14(2)10-15(3)12-17/h6-12,16H,5,13H2,1-4H3,(H,23,27)/t16-/m0/s1. The summed E-state index contributed by atoms with van der Waals surface area (Å²) in [6.07, 6.45) is 2.64. The molecule has 2 aromatic heterocycles. The summed E-state index contributed by atoms with van der Waals surface area (Å²) < 4.78 is 1.98. The van der Waals surface area contributed by atoms with Crippen LogP contribution in [0.15, 0.2) is 47.8 Å². The third-order valence-electron chi connectivity index (χ3n) is 4.34. The quantitative estimate of drug-likeness (QED) is 0.613. The molecule has 1 atom stereocenters. The molecule has 0 aliphatic heterocycles. The Labute approximate surface area is 169 Å². The van der Waals surface area contributed by atoms with E-state index >= 15 is 0 Å². The normalized spacial score (nSPS) is 12.0. The minimum absolute atomic E-state index is 0.00583. The van der Waals surface area contributed by atoms with Crippen LogP contribution >= 0.6 is 11.8 Å². The lowest BCUT2D eigenvalue weighted by Gasteiger charge is -2.13. The predicted molar refractivity (Wildman–Crippen MR) is 113 cm³/mol. The number of aromatic nitrogens is 4. The Morgan fingerprint density at radius 1 is 1.18 bits per heavy atom. The zero-order valence-electron chi connectivity index (χ0n) is 16.6. The number of benzene rings is 1. The molecule has 3 aromatic rings. The van der Waals surface area contributed by atoms with Crippen LogP contribution in [-0.4, -0.2) is 37.5 Å². The number of nitrogens with one attached hydrogen (secondary N) is 1. The highest BCUT2D eigenvalue weighted by atomic mass is 32.2. The first-order valence-corrected chi connectivity index (χ1v) is 10.3. The van der Waals surface area contributed by atoms with Gasteiger partial charge in [0.05, 0.1) is 11.4 Å². The molecule has 0 fully saturated rings. The third-order valence-corrected chi connectivity index (χ3v) is 5.27. The molecule has 1 amide bonds. The second-order valence-corrected chi connectivity index (χ2v) is 7.81. The summed E-state index contributed by atoms with van der Waals surface area (Å²) >= 11 is 1.38. The molecular formula is C21H25N5OS. The Morgan fingerprint density at radius 2 is 1.93 bits per heavy atom. The molecule has 0 spiro atoms. The van der Waals surface area contributed by atoms with Gasteiger partial charge in [-0.25, -0.2) is 0 Å². The zero-order valence-corrected chi connectivity index (χ0v) is 17.5. The molecule has 2 heterocycles. The minimum Gasteiger partial charge on any atom is -0.353 e. The summed E-state index contributed by atoms with van der Waals surface area (Å²) in [5.41, 5.74) is 4.01. The van der Waals surface area contributed by atoms with E-state index in [9.17, 15) is 4.79 Å². The maximum atomic E-state index is 12.2. The number of hydrogen-bond donors (Lipinski definition) is 1. The van der Waals surface area contributed by atoms with Gasteiger partial charge in [0.1, 0.15) is 5.69 Å². The molecule has 0 saturated carbocycles. The van der Waals surface area contributed by atoms with Crippen molar-refractivity contribution in [3.05, 3.63) is 53.7 Å². The van der Waals surface area contributed by atoms with Crippen molar-refractivity contribution < 1.29 is 4.79 Å². The molecule has 6 nitrogen and oxygen atoms in total. The fraction of sp³-hybridized carbons (Fsp3) is 0.333. The molecule has 0 aliphatic carbocycles. The smallest absolute Gasteiger partial charge is 0.230 e. The lowest BCUT2D eigenvalue weighted by molar-refractivity contribution is -0.119. The topological polar surface area (TPSA) is 72.7 Å². The highest BCUT2D eigenvalue weighted by Gasteiger charge is 2.18. The molecule has 0 aliphatic rings. The van der Waals surface area contributed by atoms with Crippen LogP contribution < -0.4 is 5.32 Å². The number of aryl methyl sites for hydroxylation is 2. The SMILES string of the molecule is CC[C@H](C)NC(=O)CSc1nnc(-c2ccccn2)n1-c1cc(C)cc(C)c1. The average molecular weight is 396 g/mol. The van der Waals surface area contributed by atoms with Gasteiger partial charge in [-0.2, -0.15) is 0 Å². The lowest BCUT2D eigenvalue weighted by atomic mass is 10.1. The van der Waals surface area contributed by atoms with Crippen molar-refractivity contribution in [3.8, 4) is 17.2 Å². The number of amides is 1. The van der Waals surface area contributed by atoms with Crippen molar-refractivity contribution in [1.29, 1.82) is 0 Å². The number of nitrogens with zero attached hydrogens (tertiary/aromatic N) is 4. The first-order chi connectivity index (χ1) is 13.5. The van der Waals surface area contributed by atoms with Crippen LogP contribution in [0.2, 0.25) is 0 Å². The third kappa shape index (κ3) is 4.78. The Morgan fingerprint density at radius 3 is 2.57 bits per heavy atom. The van der Waals surface area contributed by atoms with Gasteiger partial charge in [0.25, 0.3) is 0 Å². The maximum absolute atomic E-state index is 12.2. The number of hydrogen-bond acceptors (Lipinski definition) is 5. The van der Waals surface area contributed by atoms with Crippen LogP contribution in [0.25, 0.3) is 17.2 Å².